The number of rotatable bonds is 5. The second-order valence-corrected chi connectivity index (χ2v) is 7.73. The second kappa shape index (κ2) is 7.33. The molecule has 22 heavy (non-hydrogen) atoms. The van der Waals surface area contributed by atoms with Crippen molar-refractivity contribution in [2.45, 2.75) is 32.4 Å². The molecule has 1 aromatic rings. The van der Waals surface area contributed by atoms with E-state index in [1.54, 1.807) is 30.3 Å². The summed E-state index contributed by atoms with van der Waals surface area (Å²) in [7, 11) is 0. The van der Waals surface area contributed by atoms with Gasteiger partial charge in [0.05, 0.1) is 0 Å². The lowest BCUT2D eigenvalue weighted by Gasteiger charge is -2.27. The van der Waals surface area contributed by atoms with E-state index < -0.39 is 17.3 Å². The van der Waals surface area contributed by atoms with Gasteiger partial charge in [-0.05, 0) is 29.7 Å². The van der Waals surface area contributed by atoms with Crippen LogP contribution in [0.4, 0.5) is 0 Å². The molecule has 0 fully saturated rings. The normalized spacial score (nSPS) is 13.6. The first-order valence-corrected chi connectivity index (χ1v) is 7.68. The number of nitrogens with zero attached hydrogens (tertiary/aromatic N) is 3. The van der Waals surface area contributed by atoms with Gasteiger partial charge in [-0.1, -0.05) is 39.0 Å². The standard InChI is InChI=1S/C15H19N3O3S/c1-14(2,3)22-10-15(4,12(19)17-18-16)13(20)21-11-8-6-5-7-9-11/h5-9H,10H2,1-4H3. The summed E-state index contributed by atoms with van der Waals surface area (Å²) >= 11 is 1.43. The van der Waals surface area contributed by atoms with Crippen LogP contribution in [-0.2, 0) is 9.59 Å². The molecule has 1 atom stereocenters. The van der Waals surface area contributed by atoms with Crippen LogP contribution in [0.3, 0.4) is 0 Å². The highest BCUT2D eigenvalue weighted by atomic mass is 32.2. The van der Waals surface area contributed by atoms with E-state index in [-0.39, 0.29) is 10.5 Å². The Labute approximate surface area is 133 Å². The largest absolute Gasteiger partial charge is 0.426 e. The molecule has 0 N–H and O–H groups in total. The van der Waals surface area contributed by atoms with Gasteiger partial charge in [-0.3, -0.25) is 9.59 Å². The number of esters is 1. The first-order valence-electron chi connectivity index (χ1n) is 6.70. The molecule has 0 spiro atoms. The molecule has 0 aliphatic carbocycles. The van der Waals surface area contributed by atoms with Crippen molar-refractivity contribution < 1.29 is 14.3 Å². The third-order valence-electron chi connectivity index (χ3n) is 2.81. The Morgan fingerprint density at radius 3 is 2.32 bits per heavy atom. The van der Waals surface area contributed by atoms with Crippen molar-refractivity contribution in [2.24, 2.45) is 10.5 Å². The Bertz CT molecular complexity index is 592. The average Bonchev–Trinajstić information content (AvgIpc) is 2.45. The minimum Gasteiger partial charge on any atom is -0.426 e. The van der Waals surface area contributed by atoms with Gasteiger partial charge in [0, 0.05) is 15.4 Å². The van der Waals surface area contributed by atoms with Gasteiger partial charge in [-0.15, -0.1) is 0 Å². The SMILES string of the molecule is CC(C)(C)SCC(C)(C(=O)N=[N+]=[N-])C(=O)Oc1ccccc1. The van der Waals surface area contributed by atoms with Crippen molar-refractivity contribution in [3.63, 3.8) is 0 Å². The smallest absolute Gasteiger partial charge is 0.325 e. The summed E-state index contributed by atoms with van der Waals surface area (Å²) in [5, 5.41) is 3.09. The van der Waals surface area contributed by atoms with Gasteiger partial charge in [0.2, 0.25) is 5.91 Å². The van der Waals surface area contributed by atoms with Crippen LogP contribution in [0, 0.1) is 5.41 Å². The van der Waals surface area contributed by atoms with E-state index in [9.17, 15) is 9.59 Å². The number of hydrogen-bond acceptors (Lipinski definition) is 4. The first-order chi connectivity index (χ1) is 10.2. The molecule has 0 aromatic heterocycles. The first kappa shape index (κ1) is 18.1. The molecule has 0 radical (unpaired) electrons. The molecule has 1 amide bonds. The second-order valence-electron chi connectivity index (χ2n) is 5.93. The van der Waals surface area contributed by atoms with Gasteiger partial charge in [0.1, 0.15) is 11.2 Å². The minimum atomic E-state index is -1.53. The number of hydrogen-bond donors (Lipinski definition) is 0. The summed E-state index contributed by atoms with van der Waals surface area (Å²) in [6, 6.07) is 8.47. The number of carbonyl (C=O) groups excluding carboxylic acids is 2. The van der Waals surface area contributed by atoms with Gasteiger partial charge in [-0.2, -0.15) is 11.8 Å². The van der Waals surface area contributed by atoms with E-state index in [1.807, 2.05) is 20.8 Å². The zero-order valence-corrected chi connectivity index (χ0v) is 13.9. The fourth-order valence-corrected chi connectivity index (χ4v) is 2.39. The molecule has 0 heterocycles. The highest BCUT2D eigenvalue weighted by molar-refractivity contribution is 8.00. The molecule has 0 aliphatic heterocycles. The van der Waals surface area contributed by atoms with Crippen molar-refractivity contribution in [3.8, 4) is 5.75 Å². The molecule has 0 bridgehead atoms. The molecule has 7 heteroatoms. The third kappa shape index (κ3) is 5.09. The fourth-order valence-electron chi connectivity index (χ4n) is 1.43. The molecule has 0 saturated carbocycles. The summed E-state index contributed by atoms with van der Waals surface area (Å²) in [6.07, 6.45) is 0. The Balaban J connectivity index is 3.00. The van der Waals surface area contributed by atoms with E-state index in [2.05, 4.69) is 10.0 Å². The van der Waals surface area contributed by atoms with E-state index in [4.69, 9.17) is 10.3 Å². The molecular weight excluding hydrogens is 302 g/mol. The van der Waals surface area contributed by atoms with Gasteiger partial charge in [0.25, 0.3) is 0 Å². The lowest BCUT2D eigenvalue weighted by atomic mass is 9.92. The van der Waals surface area contributed by atoms with E-state index in [0.717, 1.165) is 0 Å². The summed E-state index contributed by atoms with van der Waals surface area (Å²) in [4.78, 5) is 27.0. The molecule has 0 saturated heterocycles. The van der Waals surface area contributed by atoms with Crippen LogP contribution in [0.15, 0.2) is 35.4 Å². The van der Waals surface area contributed by atoms with Crippen LogP contribution in [-0.4, -0.2) is 22.4 Å². The predicted molar refractivity (Wildman–Crippen MR) is 86.5 cm³/mol. The minimum absolute atomic E-state index is 0.148. The van der Waals surface area contributed by atoms with E-state index in [1.165, 1.54) is 18.7 Å². The Hall–Kier alpha value is -1.98. The maximum Gasteiger partial charge on any atom is 0.325 e. The van der Waals surface area contributed by atoms with Gasteiger partial charge < -0.3 is 4.74 Å². The Kier molecular flexibility index (Phi) is 6.02. The van der Waals surface area contributed by atoms with Gasteiger partial charge in [-0.25, -0.2) is 0 Å². The van der Waals surface area contributed by atoms with E-state index >= 15 is 0 Å². The van der Waals surface area contributed by atoms with Gasteiger partial charge in [0.15, 0.2) is 0 Å². The molecule has 1 unspecified atom stereocenters. The highest BCUT2D eigenvalue weighted by Crippen LogP contribution is 2.33. The lowest BCUT2D eigenvalue weighted by molar-refractivity contribution is -0.149. The summed E-state index contributed by atoms with van der Waals surface area (Å²) in [5.74, 6) is -1.06. The van der Waals surface area contributed by atoms with Crippen LogP contribution in [0.25, 0.3) is 10.4 Å². The zero-order valence-electron chi connectivity index (χ0n) is 13.1. The maximum absolute atomic E-state index is 12.4. The number of benzene rings is 1. The van der Waals surface area contributed by atoms with Crippen LogP contribution in [0.1, 0.15) is 27.7 Å². The topological polar surface area (TPSA) is 92.1 Å². The quantitative estimate of drug-likeness (QED) is 0.205. The number of carbonyl (C=O) groups is 2. The average molecular weight is 321 g/mol. The number of thioether (sulfide) groups is 1. The summed E-state index contributed by atoms with van der Waals surface area (Å²) < 4.78 is 5.11. The fraction of sp³-hybridized carbons (Fsp3) is 0.467. The summed E-state index contributed by atoms with van der Waals surface area (Å²) in [5.41, 5.74) is 6.95. The lowest BCUT2D eigenvalue weighted by Crippen LogP contribution is -2.41. The number of amides is 1. The molecule has 0 aliphatic rings. The van der Waals surface area contributed by atoms with Gasteiger partial charge >= 0.3 is 5.97 Å². The predicted octanol–water partition coefficient (Wildman–Crippen LogP) is 3.97. The third-order valence-corrected chi connectivity index (χ3v) is 4.39. The van der Waals surface area contributed by atoms with Crippen molar-refractivity contribution in [3.05, 3.63) is 40.8 Å². The number of para-hydroxylation sites is 1. The number of ether oxygens (including phenoxy) is 1. The summed E-state index contributed by atoms with van der Waals surface area (Å²) in [6.45, 7) is 7.35. The maximum atomic E-state index is 12.4. The van der Waals surface area contributed by atoms with Crippen molar-refractivity contribution in [2.75, 3.05) is 5.75 Å². The van der Waals surface area contributed by atoms with Crippen molar-refractivity contribution in [1.29, 1.82) is 0 Å². The Morgan fingerprint density at radius 2 is 1.82 bits per heavy atom. The van der Waals surface area contributed by atoms with Crippen molar-refractivity contribution in [1.82, 2.24) is 0 Å². The zero-order chi connectivity index (χ0) is 16.8. The van der Waals surface area contributed by atoms with Crippen LogP contribution in [0.5, 0.6) is 5.75 Å². The highest BCUT2D eigenvalue weighted by Gasteiger charge is 2.43. The molecule has 6 nitrogen and oxygen atoms in total. The molecule has 118 valence electrons. The van der Waals surface area contributed by atoms with Crippen molar-refractivity contribution >= 4 is 23.6 Å². The number of azide groups is 1. The molecule has 1 aromatic carbocycles. The van der Waals surface area contributed by atoms with Crippen LogP contribution in [0.2, 0.25) is 0 Å². The Morgan fingerprint density at radius 1 is 1.23 bits per heavy atom. The molecular formula is C15H19N3O3S. The van der Waals surface area contributed by atoms with E-state index in [0.29, 0.717) is 5.75 Å². The van der Waals surface area contributed by atoms with Crippen LogP contribution < -0.4 is 4.74 Å². The molecule has 1 rings (SSSR count). The van der Waals surface area contributed by atoms with Crippen LogP contribution >= 0.6 is 11.8 Å². The monoisotopic (exact) mass is 321 g/mol.